The van der Waals surface area contributed by atoms with Crippen molar-refractivity contribution >= 4 is 105 Å². The van der Waals surface area contributed by atoms with Crippen molar-refractivity contribution in [3.8, 4) is 27.9 Å². The van der Waals surface area contributed by atoms with Gasteiger partial charge in [0.05, 0.1) is 5.52 Å². The molecule has 331 valence electrons. The minimum Gasteiger partial charge on any atom is -0.456 e. The second-order valence-corrected chi connectivity index (χ2v) is 24.1. The van der Waals surface area contributed by atoms with E-state index in [-0.39, 0.29) is 21.7 Å². The number of nitrogens with one attached hydrogen (secondary N) is 1. The lowest BCUT2D eigenvalue weighted by Gasteiger charge is -2.42. The lowest BCUT2D eigenvalue weighted by molar-refractivity contribution is 0.332. The number of benzene rings is 8. The average Bonchev–Trinajstić information content (AvgIpc) is 4.03. The fourth-order valence-electron chi connectivity index (χ4n) is 12.8. The molecule has 14 rings (SSSR count). The van der Waals surface area contributed by atoms with Gasteiger partial charge in [-0.15, -0.1) is 11.3 Å². The van der Waals surface area contributed by atoms with Crippen molar-refractivity contribution in [2.24, 2.45) is 0 Å². The number of anilines is 2. The highest BCUT2D eigenvalue weighted by atomic mass is 32.1. The Kier molecular flexibility index (Phi) is 7.96. The summed E-state index contributed by atoms with van der Waals surface area (Å²) in [6, 6.07) is 50.8. The van der Waals surface area contributed by atoms with Crippen LogP contribution in [0.25, 0.3) is 91.9 Å². The van der Waals surface area contributed by atoms with Gasteiger partial charge in [0.15, 0.2) is 7.28 Å². The van der Waals surface area contributed by atoms with Crippen LogP contribution >= 0.6 is 11.3 Å². The molecule has 0 fully saturated rings. The van der Waals surface area contributed by atoms with E-state index in [9.17, 15) is 0 Å². The number of para-hydroxylation sites is 1. The van der Waals surface area contributed by atoms with Crippen LogP contribution in [0.4, 0.5) is 11.4 Å². The maximum atomic E-state index is 6.69. The van der Waals surface area contributed by atoms with Crippen LogP contribution in [-0.2, 0) is 21.7 Å². The van der Waals surface area contributed by atoms with Gasteiger partial charge in [0.25, 0.3) is 0 Å². The van der Waals surface area contributed by atoms with Crippen molar-refractivity contribution in [2.45, 2.75) is 96.8 Å². The SMILES string of the molecule is CC(C)(C)c1ccc(Nc2cc3sc4ccccc4c3cc2-c2c3c(c4c5cc6c(cc5n5c4c2[B]c2cc4oc7ccccc7c4cc2-5)C(C)(C)CCC6(C)C)-c2ccccc2C3(C)C)cc1. The lowest BCUT2D eigenvalue weighted by Crippen LogP contribution is -2.38. The molecule has 0 bridgehead atoms. The van der Waals surface area contributed by atoms with E-state index >= 15 is 0 Å². The first-order valence-electron chi connectivity index (χ1n) is 24.5. The molecule has 8 aromatic carbocycles. The van der Waals surface area contributed by atoms with Crippen LogP contribution in [0.3, 0.4) is 0 Å². The largest absolute Gasteiger partial charge is 0.456 e. The second kappa shape index (κ2) is 13.4. The van der Waals surface area contributed by atoms with Gasteiger partial charge in [0.2, 0.25) is 0 Å². The smallest absolute Gasteiger partial charge is 0.198 e. The third-order valence-corrected chi connectivity index (χ3v) is 17.7. The summed E-state index contributed by atoms with van der Waals surface area (Å²) in [4.78, 5) is 0. The number of thiophene rings is 1. The Balaban J connectivity index is 1.18. The van der Waals surface area contributed by atoms with E-state index in [4.69, 9.17) is 4.42 Å². The first-order chi connectivity index (χ1) is 32.6. The van der Waals surface area contributed by atoms with Gasteiger partial charge in [-0.2, -0.15) is 0 Å². The Bertz CT molecular complexity index is 4030. The minimum atomic E-state index is -0.316. The highest BCUT2D eigenvalue weighted by Crippen LogP contribution is 2.59. The molecule has 4 heterocycles. The fourth-order valence-corrected chi connectivity index (χ4v) is 14.0. The van der Waals surface area contributed by atoms with Gasteiger partial charge in [0, 0.05) is 75.3 Å². The van der Waals surface area contributed by atoms with E-state index in [0.717, 1.165) is 46.2 Å². The monoisotopic (exact) mass is 897 g/mol. The Morgan fingerprint density at radius 3 is 2.09 bits per heavy atom. The van der Waals surface area contributed by atoms with Crippen LogP contribution in [-0.4, -0.2) is 11.8 Å². The molecule has 0 spiro atoms. The molecule has 0 amide bonds. The van der Waals surface area contributed by atoms with Crippen LogP contribution in [0.5, 0.6) is 0 Å². The molecule has 0 atom stereocenters. The van der Waals surface area contributed by atoms with Gasteiger partial charge in [-0.3, -0.25) is 0 Å². The van der Waals surface area contributed by atoms with Crippen molar-refractivity contribution in [3.63, 3.8) is 0 Å². The summed E-state index contributed by atoms with van der Waals surface area (Å²) in [5, 5.41) is 11.7. The van der Waals surface area contributed by atoms with Gasteiger partial charge in [0.1, 0.15) is 11.2 Å². The molecule has 0 unspecified atom stereocenters. The molecule has 3 aliphatic rings. The molecule has 2 aliphatic carbocycles. The number of rotatable bonds is 3. The first-order valence-corrected chi connectivity index (χ1v) is 25.4. The zero-order valence-electron chi connectivity index (χ0n) is 40.5. The number of hydrogen-bond donors (Lipinski definition) is 1. The van der Waals surface area contributed by atoms with Crippen LogP contribution in [0, 0.1) is 0 Å². The topological polar surface area (TPSA) is 30.1 Å². The number of nitrogens with zero attached hydrogens (tertiary/aromatic N) is 1. The van der Waals surface area contributed by atoms with E-state index in [0.29, 0.717) is 0 Å². The summed E-state index contributed by atoms with van der Waals surface area (Å²) in [5.41, 5.74) is 22.4. The number of hydrogen-bond acceptors (Lipinski definition) is 3. The molecule has 0 saturated carbocycles. The molecule has 0 saturated heterocycles. The summed E-state index contributed by atoms with van der Waals surface area (Å²) in [6.07, 6.45) is 2.32. The van der Waals surface area contributed by atoms with Crippen LogP contribution < -0.4 is 16.2 Å². The second-order valence-electron chi connectivity index (χ2n) is 23.0. The van der Waals surface area contributed by atoms with Gasteiger partial charge in [-0.25, -0.2) is 0 Å². The van der Waals surface area contributed by atoms with E-state index in [1.54, 1.807) is 0 Å². The quantitative estimate of drug-likeness (QED) is 0.179. The van der Waals surface area contributed by atoms with E-state index < -0.39 is 0 Å². The molecule has 11 aromatic rings. The maximum absolute atomic E-state index is 6.69. The molecular weight excluding hydrogens is 844 g/mol. The Hall–Kier alpha value is -6.56. The highest BCUT2D eigenvalue weighted by molar-refractivity contribution is 7.25. The molecule has 5 heteroatoms. The fraction of sp³-hybridized carbons (Fsp3) is 0.238. The maximum Gasteiger partial charge on any atom is 0.198 e. The number of furan rings is 1. The number of fused-ring (bicyclic) bond motifs is 16. The summed E-state index contributed by atoms with van der Waals surface area (Å²) in [7, 11) is 2.52. The van der Waals surface area contributed by atoms with Crippen molar-refractivity contribution in [1.82, 2.24) is 4.57 Å². The van der Waals surface area contributed by atoms with Crippen LogP contribution in [0.15, 0.2) is 138 Å². The van der Waals surface area contributed by atoms with Crippen molar-refractivity contribution in [1.29, 1.82) is 0 Å². The summed E-state index contributed by atoms with van der Waals surface area (Å²) in [5.74, 6) is 0. The van der Waals surface area contributed by atoms with E-state index in [1.165, 1.54) is 109 Å². The van der Waals surface area contributed by atoms with Crippen LogP contribution in [0.2, 0.25) is 0 Å². The normalized spacial score (nSPS) is 16.4. The Morgan fingerprint density at radius 2 is 1.31 bits per heavy atom. The van der Waals surface area contributed by atoms with Crippen LogP contribution in [0.1, 0.15) is 103 Å². The van der Waals surface area contributed by atoms with E-state index in [1.807, 2.05) is 11.3 Å². The van der Waals surface area contributed by atoms with Crippen molar-refractivity contribution in [3.05, 3.63) is 161 Å². The van der Waals surface area contributed by atoms with Crippen molar-refractivity contribution < 1.29 is 4.42 Å². The van der Waals surface area contributed by atoms with Gasteiger partial charge in [-0.05, 0) is 140 Å². The summed E-state index contributed by atoms with van der Waals surface area (Å²) >= 11 is 1.88. The Labute approximate surface area is 403 Å². The molecule has 68 heavy (non-hydrogen) atoms. The number of aromatic nitrogens is 1. The zero-order chi connectivity index (χ0) is 46.4. The lowest BCUT2D eigenvalue weighted by atomic mass is 9.57. The average molecular weight is 898 g/mol. The standard InChI is InChI=1S/C63H54BN2OS/c1-60(2,3)34-22-24-35(25-23-34)65-47-33-53-40(37-17-12-15-21-52(37)68-53)28-41(47)56-57-54(38-18-10-13-19-43(38)63(57,8)9)55-42-29-44-45(62(6,7)27-26-61(44,4)5)31-48(42)66-49-30-39-36-16-11-14-20-50(36)67-51(39)32-46(49)64-58(56)59(55)66/h10-25,28-33,65H,26-27H2,1-9H3. The van der Waals surface area contributed by atoms with Gasteiger partial charge < -0.3 is 14.3 Å². The molecule has 1 radical (unpaired) electrons. The predicted molar refractivity (Wildman–Crippen MR) is 293 cm³/mol. The highest BCUT2D eigenvalue weighted by Gasteiger charge is 2.44. The summed E-state index contributed by atoms with van der Waals surface area (Å²) in [6.45, 7) is 21.7. The third-order valence-electron chi connectivity index (χ3n) is 16.6. The van der Waals surface area contributed by atoms with E-state index in [2.05, 4.69) is 213 Å². The third kappa shape index (κ3) is 5.43. The molecule has 1 aliphatic heterocycles. The Morgan fingerprint density at radius 1 is 0.603 bits per heavy atom. The molecule has 3 aromatic heterocycles. The molecule has 1 N–H and O–H groups in total. The molecule has 3 nitrogen and oxygen atoms in total. The van der Waals surface area contributed by atoms with Crippen molar-refractivity contribution in [2.75, 3.05) is 5.32 Å². The predicted octanol–water partition coefficient (Wildman–Crippen LogP) is 16.4. The van der Waals surface area contributed by atoms with Gasteiger partial charge >= 0.3 is 0 Å². The zero-order valence-corrected chi connectivity index (χ0v) is 41.3. The molecular formula is C63H54BN2OS. The van der Waals surface area contributed by atoms with Gasteiger partial charge in [-0.1, -0.05) is 141 Å². The minimum absolute atomic E-state index is 0.0407. The summed E-state index contributed by atoms with van der Waals surface area (Å²) < 4.78 is 12.0. The first kappa shape index (κ1) is 40.5.